The van der Waals surface area contributed by atoms with E-state index in [-0.39, 0.29) is 5.78 Å². The predicted molar refractivity (Wildman–Crippen MR) is 83.4 cm³/mol. The number of hydrogen-bond donors (Lipinski definition) is 0. The van der Waals surface area contributed by atoms with Gasteiger partial charge in [0.05, 0.1) is 16.6 Å². The molecule has 3 nitrogen and oxygen atoms in total. The Hall–Kier alpha value is -2.55. The molecule has 3 heteroatoms. The fourth-order valence-electron chi connectivity index (χ4n) is 2.44. The summed E-state index contributed by atoms with van der Waals surface area (Å²) >= 11 is 0. The first-order valence-corrected chi connectivity index (χ1v) is 7.13. The third-order valence-corrected chi connectivity index (χ3v) is 3.50. The lowest BCUT2D eigenvalue weighted by atomic mass is 10.00. The summed E-state index contributed by atoms with van der Waals surface area (Å²) in [5.74, 6) is -0.0100. The molecule has 3 rings (SSSR count). The van der Waals surface area contributed by atoms with Crippen LogP contribution in [0.1, 0.15) is 34.8 Å². The van der Waals surface area contributed by atoms with E-state index in [0.717, 1.165) is 18.4 Å². The number of hydrogen-bond acceptors (Lipinski definition) is 3. The van der Waals surface area contributed by atoms with Crippen LogP contribution in [0.3, 0.4) is 0 Å². The van der Waals surface area contributed by atoms with E-state index in [4.69, 9.17) is 0 Å². The molecule has 0 atom stereocenters. The highest BCUT2D eigenvalue weighted by molar-refractivity contribution is 6.15. The SMILES string of the molecule is CCCc1ccc(C(=O)c2cccc3nccnc23)cc1. The van der Waals surface area contributed by atoms with Crippen molar-refractivity contribution in [2.75, 3.05) is 0 Å². The predicted octanol–water partition coefficient (Wildman–Crippen LogP) is 3.81. The Kier molecular flexibility index (Phi) is 3.73. The molecule has 21 heavy (non-hydrogen) atoms. The molecule has 0 spiro atoms. The van der Waals surface area contributed by atoms with Crippen molar-refractivity contribution in [3.05, 3.63) is 71.5 Å². The fraction of sp³-hybridized carbons (Fsp3) is 0.167. The monoisotopic (exact) mass is 276 g/mol. The van der Waals surface area contributed by atoms with Gasteiger partial charge in [-0.05, 0) is 24.1 Å². The van der Waals surface area contributed by atoms with E-state index in [0.29, 0.717) is 16.6 Å². The second kappa shape index (κ2) is 5.83. The van der Waals surface area contributed by atoms with Gasteiger partial charge in [0.15, 0.2) is 5.78 Å². The van der Waals surface area contributed by atoms with Crippen molar-refractivity contribution in [2.45, 2.75) is 19.8 Å². The van der Waals surface area contributed by atoms with Gasteiger partial charge in [-0.1, -0.05) is 43.7 Å². The van der Waals surface area contributed by atoms with Gasteiger partial charge in [0.25, 0.3) is 0 Å². The molecule has 1 aromatic heterocycles. The second-order valence-electron chi connectivity index (χ2n) is 5.01. The molecule has 0 N–H and O–H groups in total. The second-order valence-corrected chi connectivity index (χ2v) is 5.01. The Morgan fingerprint density at radius 2 is 1.76 bits per heavy atom. The van der Waals surface area contributed by atoms with Gasteiger partial charge >= 0.3 is 0 Å². The minimum Gasteiger partial charge on any atom is -0.289 e. The first-order valence-electron chi connectivity index (χ1n) is 7.13. The van der Waals surface area contributed by atoms with E-state index in [1.54, 1.807) is 18.5 Å². The lowest BCUT2D eigenvalue weighted by Gasteiger charge is -2.05. The molecule has 0 bridgehead atoms. The number of fused-ring (bicyclic) bond motifs is 1. The number of aryl methyl sites for hydroxylation is 1. The van der Waals surface area contributed by atoms with Crippen molar-refractivity contribution in [3.63, 3.8) is 0 Å². The maximum absolute atomic E-state index is 12.7. The lowest BCUT2D eigenvalue weighted by Crippen LogP contribution is -2.03. The molecule has 2 aromatic carbocycles. The summed E-state index contributed by atoms with van der Waals surface area (Å²) in [7, 11) is 0. The van der Waals surface area contributed by atoms with E-state index >= 15 is 0 Å². The molecule has 0 aliphatic heterocycles. The molecule has 0 aliphatic rings. The van der Waals surface area contributed by atoms with Crippen LogP contribution in [0.25, 0.3) is 11.0 Å². The maximum atomic E-state index is 12.7. The average molecular weight is 276 g/mol. The fourth-order valence-corrected chi connectivity index (χ4v) is 2.44. The van der Waals surface area contributed by atoms with Gasteiger partial charge in [0.2, 0.25) is 0 Å². The van der Waals surface area contributed by atoms with Crippen LogP contribution in [0, 0.1) is 0 Å². The normalized spacial score (nSPS) is 10.7. The Morgan fingerprint density at radius 3 is 2.52 bits per heavy atom. The van der Waals surface area contributed by atoms with Crippen LogP contribution in [0.4, 0.5) is 0 Å². The highest BCUT2D eigenvalue weighted by atomic mass is 16.1. The van der Waals surface area contributed by atoms with Crippen molar-refractivity contribution < 1.29 is 4.79 Å². The molecule has 104 valence electrons. The Morgan fingerprint density at radius 1 is 1.00 bits per heavy atom. The zero-order chi connectivity index (χ0) is 14.7. The molecule has 0 aliphatic carbocycles. The van der Waals surface area contributed by atoms with Gasteiger partial charge in [0, 0.05) is 18.0 Å². The minimum absolute atomic E-state index is 0.0100. The van der Waals surface area contributed by atoms with Crippen molar-refractivity contribution in [1.29, 1.82) is 0 Å². The van der Waals surface area contributed by atoms with Gasteiger partial charge in [0.1, 0.15) is 0 Å². The van der Waals surface area contributed by atoms with Crippen LogP contribution in [0.2, 0.25) is 0 Å². The topological polar surface area (TPSA) is 42.9 Å². The van der Waals surface area contributed by atoms with E-state index in [1.165, 1.54) is 5.56 Å². The molecular formula is C18H16N2O. The Balaban J connectivity index is 2.00. The van der Waals surface area contributed by atoms with Crippen LogP contribution >= 0.6 is 0 Å². The number of rotatable bonds is 4. The molecule has 0 saturated carbocycles. The quantitative estimate of drug-likeness (QED) is 0.680. The molecule has 1 heterocycles. The molecule has 0 saturated heterocycles. The van der Waals surface area contributed by atoms with Gasteiger partial charge in [-0.25, -0.2) is 0 Å². The summed E-state index contributed by atoms with van der Waals surface area (Å²) in [6.45, 7) is 2.15. The first kappa shape index (κ1) is 13.4. The van der Waals surface area contributed by atoms with E-state index in [2.05, 4.69) is 16.9 Å². The molecule has 0 amide bonds. The smallest absolute Gasteiger partial charge is 0.195 e. The third kappa shape index (κ3) is 2.68. The van der Waals surface area contributed by atoms with Crippen molar-refractivity contribution in [1.82, 2.24) is 9.97 Å². The van der Waals surface area contributed by atoms with Crippen LogP contribution in [-0.4, -0.2) is 15.8 Å². The number of para-hydroxylation sites is 1. The van der Waals surface area contributed by atoms with Gasteiger partial charge in [-0.3, -0.25) is 14.8 Å². The molecular weight excluding hydrogens is 260 g/mol. The zero-order valence-electron chi connectivity index (χ0n) is 11.9. The number of benzene rings is 2. The zero-order valence-corrected chi connectivity index (χ0v) is 11.9. The van der Waals surface area contributed by atoms with Crippen LogP contribution < -0.4 is 0 Å². The van der Waals surface area contributed by atoms with Crippen LogP contribution in [0.15, 0.2) is 54.9 Å². The van der Waals surface area contributed by atoms with Crippen LogP contribution in [-0.2, 0) is 6.42 Å². The standard InChI is InChI=1S/C18H16N2O/c1-2-4-13-7-9-14(10-8-13)18(21)15-5-3-6-16-17(15)20-12-11-19-16/h3,5-12H,2,4H2,1H3. The van der Waals surface area contributed by atoms with Crippen molar-refractivity contribution in [3.8, 4) is 0 Å². The van der Waals surface area contributed by atoms with Gasteiger partial charge in [-0.15, -0.1) is 0 Å². The van der Waals surface area contributed by atoms with Crippen molar-refractivity contribution in [2.24, 2.45) is 0 Å². The number of ketones is 1. The number of aromatic nitrogens is 2. The molecule has 0 radical (unpaired) electrons. The van der Waals surface area contributed by atoms with Gasteiger partial charge in [-0.2, -0.15) is 0 Å². The van der Waals surface area contributed by atoms with Crippen molar-refractivity contribution >= 4 is 16.8 Å². The molecule has 0 unspecified atom stereocenters. The summed E-state index contributed by atoms with van der Waals surface area (Å²) in [5, 5.41) is 0. The summed E-state index contributed by atoms with van der Waals surface area (Å²) in [4.78, 5) is 21.2. The summed E-state index contributed by atoms with van der Waals surface area (Å²) in [5.41, 5.74) is 3.94. The maximum Gasteiger partial charge on any atom is 0.195 e. The summed E-state index contributed by atoms with van der Waals surface area (Å²) in [6.07, 6.45) is 5.39. The van der Waals surface area contributed by atoms with Crippen LogP contribution in [0.5, 0.6) is 0 Å². The largest absolute Gasteiger partial charge is 0.289 e. The summed E-state index contributed by atoms with van der Waals surface area (Å²) in [6, 6.07) is 13.3. The highest BCUT2D eigenvalue weighted by Crippen LogP contribution is 2.18. The van der Waals surface area contributed by atoms with Gasteiger partial charge < -0.3 is 0 Å². The van der Waals surface area contributed by atoms with E-state index < -0.39 is 0 Å². The number of nitrogens with zero attached hydrogens (tertiary/aromatic N) is 2. The minimum atomic E-state index is -0.0100. The molecule has 0 fully saturated rings. The average Bonchev–Trinajstić information content (AvgIpc) is 2.55. The van der Waals surface area contributed by atoms with E-state index in [9.17, 15) is 4.79 Å². The summed E-state index contributed by atoms with van der Waals surface area (Å²) < 4.78 is 0. The molecule has 3 aromatic rings. The first-order chi connectivity index (χ1) is 10.3. The Bertz CT molecular complexity index is 773. The van der Waals surface area contributed by atoms with E-state index in [1.807, 2.05) is 36.4 Å². The lowest BCUT2D eigenvalue weighted by molar-refractivity contribution is 0.104. The number of carbonyl (C=O) groups excluding carboxylic acids is 1. The highest BCUT2D eigenvalue weighted by Gasteiger charge is 2.13. The third-order valence-electron chi connectivity index (χ3n) is 3.50. The Labute approximate surface area is 123 Å². The number of carbonyl (C=O) groups is 1.